The first-order valence-corrected chi connectivity index (χ1v) is 6.41. The van der Waals surface area contributed by atoms with Crippen molar-refractivity contribution in [1.29, 1.82) is 5.26 Å². The Labute approximate surface area is 121 Å². The maximum Gasteiger partial charge on any atom is 0.167 e. The fourth-order valence-corrected chi connectivity index (χ4v) is 2.09. The highest BCUT2D eigenvalue weighted by Crippen LogP contribution is 2.21. The first-order chi connectivity index (χ1) is 10.3. The number of halogens is 1. The third kappa shape index (κ3) is 2.65. The van der Waals surface area contributed by atoms with Crippen LogP contribution in [0, 0.1) is 17.1 Å². The first-order valence-electron chi connectivity index (χ1n) is 6.41. The van der Waals surface area contributed by atoms with Gasteiger partial charge in [0.25, 0.3) is 0 Å². The molecule has 0 N–H and O–H groups in total. The number of benzene rings is 2. The lowest BCUT2D eigenvalue weighted by Crippen LogP contribution is -2.04. The zero-order valence-electron chi connectivity index (χ0n) is 11.1. The van der Waals surface area contributed by atoms with Gasteiger partial charge in [-0.1, -0.05) is 35.5 Å². The van der Waals surface area contributed by atoms with Crippen molar-refractivity contribution in [2.24, 2.45) is 0 Å². The molecule has 4 nitrogen and oxygen atoms in total. The van der Waals surface area contributed by atoms with Gasteiger partial charge in [-0.3, -0.25) is 0 Å². The molecule has 0 bridgehead atoms. The van der Waals surface area contributed by atoms with Gasteiger partial charge in [0.1, 0.15) is 17.6 Å². The summed E-state index contributed by atoms with van der Waals surface area (Å²) < 4.78 is 14.5. The Morgan fingerprint density at radius 1 is 1.05 bits per heavy atom. The van der Waals surface area contributed by atoms with E-state index in [1.165, 1.54) is 12.1 Å². The average Bonchev–Trinajstić information content (AvgIpc) is 2.92. The molecule has 0 saturated carbocycles. The van der Waals surface area contributed by atoms with Gasteiger partial charge < -0.3 is 0 Å². The van der Waals surface area contributed by atoms with Crippen molar-refractivity contribution in [2.45, 2.75) is 6.54 Å². The van der Waals surface area contributed by atoms with E-state index in [-0.39, 0.29) is 5.82 Å². The first kappa shape index (κ1) is 13.0. The fourth-order valence-electron chi connectivity index (χ4n) is 2.09. The smallest absolute Gasteiger partial charge is 0.167 e. The van der Waals surface area contributed by atoms with Crippen LogP contribution in [0.15, 0.2) is 54.6 Å². The van der Waals surface area contributed by atoms with Crippen LogP contribution in [0.2, 0.25) is 0 Å². The van der Waals surface area contributed by atoms with E-state index in [2.05, 4.69) is 16.4 Å². The predicted molar refractivity (Wildman–Crippen MR) is 75.7 cm³/mol. The predicted octanol–water partition coefficient (Wildman–Crippen LogP) is 3.00. The minimum absolute atomic E-state index is 0.325. The minimum atomic E-state index is -0.325. The lowest BCUT2D eigenvalue weighted by Gasteiger charge is -2.02. The highest BCUT2D eigenvalue weighted by Gasteiger charge is 2.14. The van der Waals surface area contributed by atoms with Gasteiger partial charge in [-0.05, 0) is 29.8 Å². The Bertz CT molecular complexity index is 785. The highest BCUT2D eigenvalue weighted by atomic mass is 19.1. The highest BCUT2D eigenvalue weighted by molar-refractivity contribution is 5.64. The average molecular weight is 278 g/mol. The maximum atomic E-state index is 13.0. The molecule has 0 radical (unpaired) electrons. The van der Waals surface area contributed by atoms with Crippen LogP contribution in [0.1, 0.15) is 11.3 Å². The lowest BCUT2D eigenvalue weighted by molar-refractivity contribution is 0.628. The summed E-state index contributed by atoms with van der Waals surface area (Å²) in [6, 6.07) is 17.7. The topological polar surface area (TPSA) is 54.5 Å². The van der Waals surface area contributed by atoms with Crippen LogP contribution in [0.5, 0.6) is 0 Å². The molecule has 0 aliphatic rings. The largest absolute Gasteiger partial charge is 0.230 e. The summed E-state index contributed by atoms with van der Waals surface area (Å²) in [4.78, 5) is 0. The number of hydrogen-bond acceptors (Lipinski definition) is 3. The molecule has 0 amide bonds. The van der Waals surface area contributed by atoms with E-state index in [4.69, 9.17) is 0 Å². The minimum Gasteiger partial charge on any atom is -0.230 e. The Balaban J connectivity index is 1.98. The van der Waals surface area contributed by atoms with Crippen LogP contribution in [0.25, 0.3) is 11.3 Å². The van der Waals surface area contributed by atoms with E-state index in [1.54, 1.807) is 16.8 Å². The van der Waals surface area contributed by atoms with Crippen molar-refractivity contribution >= 4 is 0 Å². The zero-order chi connectivity index (χ0) is 14.7. The summed E-state index contributed by atoms with van der Waals surface area (Å²) in [5.41, 5.74) is 2.54. The van der Waals surface area contributed by atoms with Crippen LogP contribution < -0.4 is 0 Å². The monoisotopic (exact) mass is 278 g/mol. The second-order valence-electron chi connectivity index (χ2n) is 4.55. The molecule has 1 heterocycles. The summed E-state index contributed by atoms with van der Waals surface area (Å²) >= 11 is 0. The van der Waals surface area contributed by atoms with E-state index in [9.17, 15) is 9.65 Å². The molecule has 5 heteroatoms. The third-order valence-electron chi connectivity index (χ3n) is 3.13. The van der Waals surface area contributed by atoms with Gasteiger partial charge >= 0.3 is 0 Å². The van der Waals surface area contributed by atoms with Crippen molar-refractivity contribution in [3.05, 3.63) is 71.7 Å². The van der Waals surface area contributed by atoms with E-state index < -0.39 is 0 Å². The van der Waals surface area contributed by atoms with E-state index in [1.807, 2.05) is 30.3 Å². The molecule has 0 fully saturated rings. The molecule has 102 valence electrons. The van der Waals surface area contributed by atoms with Crippen LogP contribution in [-0.4, -0.2) is 15.0 Å². The Morgan fingerprint density at radius 3 is 2.43 bits per heavy atom. The molecule has 0 aliphatic carbocycles. The molecule has 21 heavy (non-hydrogen) atoms. The van der Waals surface area contributed by atoms with Gasteiger partial charge in [0.15, 0.2) is 5.69 Å². The second kappa shape index (κ2) is 5.55. The molecule has 1 aromatic heterocycles. The third-order valence-corrected chi connectivity index (χ3v) is 3.13. The second-order valence-corrected chi connectivity index (χ2v) is 4.55. The number of hydrogen-bond donors (Lipinski definition) is 0. The number of nitriles is 1. The van der Waals surface area contributed by atoms with Crippen molar-refractivity contribution in [3.8, 4) is 17.3 Å². The summed E-state index contributed by atoms with van der Waals surface area (Å²) in [7, 11) is 0. The Hall–Kier alpha value is -3.00. The zero-order valence-corrected chi connectivity index (χ0v) is 11.1. The summed E-state index contributed by atoms with van der Waals surface area (Å²) in [5, 5.41) is 17.4. The van der Waals surface area contributed by atoms with E-state index in [0.717, 1.165) is 5.56 Å². The van der Waals surface area contributed by atoms with Crippen LogP contribution in [0.4, 0.5) is 4.39 Å². The van der Waals surface area contributed by atoms with Gasteiger partial charge in [-0.25, -0.2) is 9.07 Å². The molecule has 0 saturated heterocycles. The Morgan fingerprint density at radius 2 is 1.76 bits per heavy atom. The Kier molecular flexibility index (Phi) is 3.44. The van der Waals surface area contributed by atoms with Crippen LogP contribution >= 0.6 is 0 Å². The maximum absolute atomic E-state index is 13.0. The quantitative estimate of drug-likeness (QED) is 0.740. The van der Waals surface area contributed by atoms with Gasteiger partial charge in [0.2, 0.25) is 0 Å². The molecule has 2 aromatic carbocycles. The van der Waals surface area contributed by atoms with Crippen molar-refractivity contribution in [3.63, 3.8) is 0 Å². The molecule has 0 atom stereocenters. The molecule has 0 spiro atoms. The molecule has 3 rings (SSSR count). The summed E-state index contributed by atoms with van der Waals surface area (Å²) in [6.45, 7) is 0.470. The summed E-state index contributed by atoms with van der Waals surface area (Å²) in [5.74, 6) is -0.325. The molecule has 0 unspecified atom stereocenters. The van der Waals surface area contributed by atoms with E-state index >= 15 is 0 Å². The van der Waals surface area contributed by atoms with Crippen molar-refractivity contribution in [2.75, 3.05) is 0 Å². The van der Waals surface area contributed by atoms with Gasteiger partial charge in [-0.15, -0.1) is 5.10 Å². The van der Waals surface area contributed by atoms with Gasteiger partial charge in [-0.2, -0.15) is 5.26 Å². The number of aromatic nitrogens is 3. The van der Waals surface area contributed by atoms with Crippen molar-refractivity contribution < 1.29 is 4.39 Å². The number of rotatable bonds is 3. The lowest BCUT2D eigenvalue weighted by atomic mass is 10.1. The fraction of sp³-hybridized carbons (Fsp3) is 0.0625. The van der Waals surface area contributed by atoms with Gasteiger partial charge in [0.05, 0.1) is 6.54 Å². The normalized spacial score (nSPS) is 10.3. The van der Waals surface area contributed by atoms with Crippen molar-refractivity contribution in [1.82, 2.24) is 15.0 Å². The SMILES string of the molecule is N#Cc1c(-c2ccc(F)cc2)nnn1Cc1ccccc1. The van der Waals surface area contributed by atoms with Crippen LogP contribution in [-0.2, 0) is 6.54 Å². The van der Waals surface area contributed by atoms with Crippen LogP contribution in [0.3, 0.4) is 0 Å². The number of nitrogens with zero attached hydrogens (tertiary/aromatic N) is 4. The van der Waals surface area contributed by atoms with Gasteiger partial charge in [0, 0.05) is 5.56 Å². The molecular formula is C16H11FN4. The molecule has 0 aliphatic heterocycles. The standard InChI is InChI=1S/C16H11FN4/c17-14-8-6-13(7-9-14)16-15(10-18)21(20-19-16)11-12-4-2-1-3-5-12/h1-9H,11H2. The molecule has 3 aromatic rings. The molecular weight excluding hydrogens is 267 g/mol. The summed E-state index contributed by atoms with van der Waals surface area (Å²) in [6.07, 6.45) is 0. The van der Waals surface area contributed by atoms with E-state index in [0.29, 0.717) is 23.5 Å².